The number of amides is 1. The number of carbonyl (C=O) groups excluding carboxylic acids is 1. The zero-order valence-corrected chi connectivity index (χ0v) is 12.4. The summed E-state index contributed by atoms with van der Waals surface area (Å²) in [5, 5.41) is 8.20. The molecule has 19 heavy (non-hydrogen) atoms. The van der Waals surface area contributed by atoms with Crippen LogP contribution in [0.4, 0.5) is 0 Å². The minimum atomic E-state index is -0.156. The zero-order valence-electron chi connectivity index (χ0n) is 10.7. The monoisotopic (exact) mass is 301 g/mol. The average Bonchev–Trinajstić information content (AvgIpc) is 2.97. The smallest absolute Gasteiger partial charge is 0.270 e. The minimum Gasteiger partial charge on any atom is -0.459 e. The number of nitrogens with one attached hydrogen (secondary N) is 2. The Bertz CT molecular complexity index is 539. The molecule has 0 saturated heterocycles. The predicted molar refractivity (Wildman–Crippen MR) is 78.1 cm³/mol. The SMILES string of the molecule is CNCCNC(=O)c1csc(-c2ccc(C)o2)n1.Cl. The van der Waals surface area contributed by atoms with E-state index in [0.717, 1.165) is 17.3 Å². The first kappa shape index (κ1) is 15.7. The third kappa shape index (κ3) is 4.05. The Morgan fingerprint density at radius 2 is 2.21 bits per heavy atom. The van der Waals surface area contributed by atoms with Crippen molar-refractivity contribution in [3.8, 4) is 10.8 Å². The van der Waals surface area contributed by atoms with Gasteiger partial charge in [0.25, 0.3) is 5.91 Å². The van der Waals surface area contributed by atoms with Crippen molar-refractivity contribution in [1.29, 1.82) is 0 Å². The van der Waals surface area contributed by atoms with E-state index in [1.54, 1.807) is 5.38 Å². The van der Waals surface area contributed by atoms with Gasteiger partial charge in [0.1, 0.15) is 11.5 Å². The number of nitrogens with zero attached hydrogens (tertiary/aromatic N) is 1. The molecule has 2 heterocycles. The van der Waals surface area contributed by atoms with Crippen molar-refractivity contribution < 1.29 is 9.21 Å². The molecule has 0 aliphatic rings. The largest absolute Gasteiger partial charge is 0.459 e. The molecule has 7 heteroatoms. The summed E-state index contributed by atoms with van der Waals surface area (Å²) in [6.07, 6.45) is 0. The van der Waals surface area contributed by atoms with Crippen molar-refractivity contribution in [2.75, 3.05) is 20.1 Å². The fourth-order valence-corrected chi connectivity index (χ4v) is 2.19. The number of halogens is 1. The van der Waals surface area contributed by atoms with E-state index in [4.69, 9.17) is 4.42 Å². The highest BCUT2D eigenvalue weighted by Crippen LogP contribution is 2.25. The molecule has 2 aromatic rings. The van der Waals surface area contributed by atoms with E-state index >= 15 is 0 Å². The molecule has 5 nitrogen and oxygen atoms in total. The summed E-state index contributed by atoms with van der Waals surface area (Å²) in [6, 6.07) is 3.74. The van der Waals surface area contributed by atoms with Crippen molar-refractivity contribution in [3.05, 3.63) is 29.0 Å². The fraction of sp³-hybridized carbons (Fsp3) is 0.333. The number of hydrogen-bond acceptors (Lipinski definition) is 5. The number of hydrogen-bond donors (Lipinski definition) is 2. The van der Waals surface area contributed by atoms with E-state index in [1.165, 1.54) is 11.3 Å². The summed E-state index contributed by atoms with van der Waals surface area (Å²) in [5.74, 6) is 1.38. The van der Waals surface area contributed by atoms with Gasteiger partial charge < -0.3 is 15.1 Å². The van der Waals surface area contributed by atoms with Gasteiger partial charge in [-0.1, -0.05) is 0 Å². The quantitative estimate of drug-likeness (QED) is 0.830. The molecule has 0 aromatic carbocycles. The van der Waals surface area contributed by atoms with Gasteiger partial charge in [0.05, 0.1) is 0 Å². The first-order chi connectivity index (χ1) is 8.70. The molecule has 2 aromatic heterocycles. The maximum absolute atomic E-state index is 11.7. The molecule has 0 unspecified atom stereocenters. The van der Waals surface area contributed by atoms with Gasteiger partial charge in [0.15, 0.2) is 10.8 Å². The standard InChI is InChI=1S/C12H15N3O2S.ClH/c1-8-3-4-10(17-8)12-15-9(7-18-12)11(16)14-6-5-13-2;/h3-4,7,13H,5-6H2,1-2H3,(H,14,16);1H. The van der Waals surface area contributed by atoms with Crippen LogP contribution in [0.25, 0.3) is 10.8 Å². The molecule has 0 spiro atoms. The van der Waals surface area contributed by atoms with Crippen LogP contribution in [0.5, 0.6) is 0 Å². The third-order valence-electron chi connectivity index (χ3n) is 2.35. The predicted octanol–water partition coefficient (Wildman–Crippen LogP) is 2.08. The molecule has 2 rings (SSSR count). The number of thiazole rings is 1. The summed E-state index contributed by atoms with van der Waals surface area (Å²) < 4.78 is 5.47. The van der Waals surface area contributed by atoms with Crippen LogP contribution in [0.15, 0.2) is 21.9 Å². The second-order valence-corrected chi connectivity index (χ2v) is 4.67. The van der Waals surface area contributed by atoms with Gasteiger partial charge in [-0.25, -0.2) is 4.98 Å². The van der Waals surface area contributed by atoms with E-state index in [2.05, 4.69) is 15.6 Å². The number of carbonyl (C=O) groups is 1. The minimum absolute atomic E-state index is 0. The molecule has 2 N–H and O–H groups in total. The van der Waals surface area contributed by atoms with Gasteiger partial charge >= 0.3 is 0 Å². The highest BCUT2D eigenvalue weighted by Gasteiger charge is 2.13. The highest BCUT2D eigenvalue weighted by atomic mass is 35.5. The third-order valence-corrected chi connectivity index (χ3v) is 3.21. The highest BCUT2D eigenvalue weighted by molar-refractivity contribution is 7.13. The number of rotatable bonds is 5. The van der Waals surface area contributed by atoms with Crippen molar-refractivity contribution in [3.63, 3.8) is 0 Å². The molecule has 0 bridgehead atoms. The molecular formula is C12H16ClN3O2S. The molecule has 104 valence electrons. The Hall–Kier alpha value is -1.37. The first-order valence-corrected chi connectivity index (χ1v) is 6.54. The van der Waals surface area contributed by atoms with E-state index in [0.29, 0.717) is 18.0 Å². The second-order valence-electron chi connectivity index (χ2n) is 3.81. The summed E-state index contributed by atoms with van der Waals surface area (Å²) in [6.45, 7) is 3.20. The van der Waals surface area contributed by atoms with Crippen molar-refractivity contribution in [1.82, 2.24) is 15.6 Å². The lowest BCUT2D eigenvalue weighted by molar-refractivity contribution is 0.0950. The molecule has 0 saturated carbocycles. The lowest BCUT2D eigenvalue weighted by Gasteiger charge is -2.01. The normalized spacial score (nSPS) is 10.0. The van der Waals surface area contributed by atoms with Crippen molar-refractivity contribution in [2.45, 2.75) is 6.92 Å². The maximum atomic E-state index is 11.7. The Labute approximate surface area is 121 Å². The average molecular weight is 302 g/mol. The van der Waals surface area contributed by atoms with Crippen LogP contribution in [-0.4, -0.2) is 31.0 Å². The number of likely N-dealkylation sites (N-methyl/N-ethyl adjacent to an activating group) is 1. The molecule has 0 radical (unpaired) electrons. The molecular weight excluding hydrogens is 286 g/mol. The van der Waals surface area contributed by atoms with Gasteiger partial charge in [-0.2, -0.15) is 0 Å². The van der Waals surface area contributed by atoms with Crippen molar-refractivity contribution in [2.24, 2.45) is 0 Å². The molecule has 0 aliphatic heterocycles. The molecule has 0 fully saturated rings. The summed E-state index contributed by atoms with van der Waals surface area (Å²) in [5.41, 5.74) is 0.431. The Kier molecular flexibility index (Phi) is 6.01. The number of furan rings is 1. The van der Waals surface area contributed by atoms with Crippen molar-refractivity contribution >= 4 is 29.7 Å². The topological polar surface area (TPSA) is 67.2 Å². The summed E-state index contributed by atoms with van der Waals surface area (Å²) in [7, 11) is 1.84. The molecule has 0 atom stereocenters. The summed E-state index contributed by atoms with van der Waals surface area (Å²) >= 11 is 1.40. The van der Waals surface area contributed by atoms with Crippen LogP contribution < -0.4 is 10.6 Å². The molecule has 1 amide bonds. The van der Waals surface area contributed by atoms with Crippen LogP contribution in [0.1, 0.15) is 16.2 Å². The van der Waals surface area contributed by atoms with Gasteiger partial charge in [-0.3, -0.25) is 4.79 Å². The van der Waals surface area contributed by atoms with E-state index in [1.807, 2.05) is 26.1 Å². The molecule has 0 aliphatic carbocycles. The van der Waals surface area contributed by atoms with Gasteiger partial charge in [0, 0.05) is 18.5 Å². The number of aryl methyl sites for hydroxylation is 1. The van der Waals surface area contributed by atoms with E-state index in [9.17, 15) is 4.79 Å². The lowest BCUT2D eigenvalue weighted by atomic mass is 10.4. The lowest BCUT2D eigenvalue weighted by Crippen LogP contribution is -2.30. The Balaban J connectivity index is 0.00000180. The maximum Gasteiger partial charge on any atom is 0.270 e. The van der Waals surface area contributed by atoms with Crippen LogP contribution in [0.2, 0.25) is 0 Å². The van der Waals surface area contributed by atoms with Crippen LogP contribution in [0.3, 0.4) is 0 Å². The van der Waals surface area contributed by atoms with Gasteiger partial charge in [-0.15, -0.1) is 23.7 Å². The number of aromatic nitrogens is 1. The first-order valence-electron chi connectivity index (χ1n) is 5.66. The van der Waals surface area contributed by atoms with Crippen LogP contribution >= 0.6 is 23.7 Å². The van der Waals surface area contributed by atoms with Gasteiger partial charge in [-0.05, 0) is 26.1 Å². The Morgan fingerprint density at radius 3 is 2.84 bits per heavy atom. The second kappa shape index (κ2) is 7.28. The van der Waals surface area contributed by atoms with Gasteiger partial charge in [0.2, 0.25) is 0 Å². The van der Waals surface area contributed by atoms with Crippen LogP contribution in [-0.2, 0) is 0 Å². The summed E-state index contributed by atoms with van der Waals surface area (Å²) in [4.78, 5) is 16.0. The fourth-order valence-electron chi connectivity index (χ4n) is 1.43. The van der Waals surface area contributed by atoms with E-state index < -0.39 is 0 Å². The van der Waals surface area contributed by atoms with E-state index in [-0.39, 0.29) is 18.3 Å². The Morgan fingerprint density at radius 1 is 1.42 bits per heavy atom. The van der Waals surface area contributed by atoms with Crippen LogP contribution in [0, 0.1) is 6.92 Å². The zero-order chi connectivity index (χ0) is 13.0.